The van der Waals surface area contributed by atoms with E-state index >= 15 is 0 Å². The van der Waals surface area contributed by atoms with Crippen molar-refractivity contribution in [1.82, 2.24) is 9.97 Å². The van der Waals surface area contributed by atoms with Crippen LogP contribution >= 0.6 is 11.3 Å². The van der Waals surface area contributed by atoms with Gasteiger partial charge in [0.05, 0.1) is 16.0 Å². The number of nitrogens with one attached hydrogen (secondary N) is 2. The summed E-state index contributed by atoms with van der Waals surface area (Å²) in [7, 11) is 0. The second kappa shape index (κ2) is 9.33. The normalized spacial score (nSPS) is 12.9. The van der Waals surface area contributed by atoms with Gasteiger partial charge in [0, 0.05) is 39.6 Å². The zero-order valence-electron chi connectivity index (χ0n) is 20.4. The lowest BCUT2D eigenvalue weighted by Gasteiger charge is -2.14. The predicted octanol–water partition coefficient (Wildman–Crippen LogP) is 6.50. The molecule has 1 aliphatic carbocycles. The van der Waals surface area contributed by atoms with E-state index in [4.69, 9.17) is 5.73 Å². The Labute approximate surface area is 218 Å². The smallest absolute Gasteiger partial charge is 0.265 e. The van der Waals surface area contributed by atoms with E-state index in [1.54, 1.807) is 29.8 Å². The molecule has 6 rings (SSSR count). The van der Waals surface area contributed by atoms with Crippen LogP contribution in [-0.2, 0) is 12.8 Å². The molecular weight excluding hydrogens is 480 g/mol. The van der Waals surface area contributed by atoms with Gasteiger partial charge in [-0.3, -0.25) is 14.6 Å². The first-order valence-corrected chi connectivity index (χ1v) is 13.2. The van der Waals surface area contributed by atoms with Gasteiger partial charge < -0.3 is 16.0 Å². The van der Waals surface area contributed by atoms with Crippen LogP contribution in [0.3, 0.4) is 0 Å². The van der Waals surface area contributed by atoms with Gasteiger partial charge in [0.1, 0.15) is 0 Å². The number of rotatable bonds is 5. The fraction of sp³-hybridized carbons (Fsp3) is 0.167. The van der Waals surface area contributed by atoms with Gasteiger partial charge in [-0.2, -0.15) is 0 Å². The number of amides is 2. The highest BCUT2D eigenvalue weighted by Crippen LogP contribution is 2.38. The average Bonchev–Trinajstić information content (AvgIpc) is 3.55. The summed E-state index contributed by atoms with van der Waals surface area (Å²) in [5, 5.41) is 4.02. The van der Waals surface area contributed by atoms with Crippen molar-refractivity contribution < 1.29 is 9.59 Å². The van der Waals surface area contributed by atoms with Crippen molar-refractivity contribution in [2.75, 3.05) is 5.32 Å². The molecule has 7 heteroatoms. The number of nitrogens with zero attached hydrogens (tertiary/aromatic N) is 1. The third-order valence-electron chi connectivity index (χ3n) is 7.12. The predicted molar refractivity (Wildman–Crippen MR) is 149 cm³/mol. The average molecular weight is 507 g/mol. The van der Waals surface area contributed by atoms with Crippen LogP contribution in [0.4, 0.5) is 5.69 Å². The van der Waals surface area contributed by atoms with Crippen molar-refractivity contribution in [1.29, 1.82) is 0 Å². The van der Waals surface area contributed by atoms with E-state index in [0.717, 1.165) is 56.7 Å². The van der Waals surface area contributed by atoms with Crippen molar-refractivity contribution in [2.24, 2.45) is 5.73 Å². The van der Waals surface area contributed by atoms with Crippen LogP contribution in [-0.4, -0.2) is 21.8 Å². The summed E-state index contributed by atoms with van der Waals surface area (Å²) in [5.41, 5.74) is 13.5. The van der Waals surface area contributed by atoms with Crippen LogP contribution in [0.1, 0.15) is 48.9 Å². The van der Waals surface area contributed by atoms with Crippen molar-refractivity contribution in [3.8, 4) is 22.4 Å². The molecule has 3 heterocycles. The monoisotopic (exact) mass is 506 g/mol. The number of benzene rings is 2. The molecule has 0 unspecified atom stereocenters. The van der Waals surface area contributed by atoms with E-state index in [-0.39, 0.29) is 5.91 Å². The molecule has 5 aromatic rings. The highest BCUT2D eigenvalue weighted by Gasteiger charge is 2.20. The maximum Gasteiger partial charge on any atom is 0.265 e. The Morgan fingerprint density at radius 1 is 1.03 bits per heavy atom. The molecule has 4 N–H and O–H groups in total. The number of aromatic amines is 1. The lowest BCUT2D eigenvalue weighted by Crippen LogP contribution is -2.12. The second-order valence-electron chi connectivity index (χ2n) is 9.44. The zero-order valence-corrected chi connectivity index (χ0v) is 21.2. The Bertz CT molecular complexity index is 1640. The quantitative estimate of drug-likeness (QED) is 0.254. The minimum atomic E-state index is -0.493. The lowest BCUT2D eigenvalue weighted by molar-refractivity contribution is 0.0999. The van der Waals surface area contributed by atoms with Gasteiger partial charge in [0.15, 0.2) is 0 Å². The number of hydrogen-bond donors (Lipinski definition) is 3. The fourth-order valence-electron chi connectivity index (χ4n) is 5.19. The number of thiophene rings is 1. The lowest BCUT2D eigenvalue weighted by atomic mass is 9.94. The third kappa shape index (κ3) is 4.21. The van der Waals surface area contributed by atoms with E-state index < -0.39 is 5.91 Å². The number of fused-ring (bicyclic) bond motifs is 2. The number of anilines is 1. The number of H-pyrrole nitrogens is 1. The number of primary amides is 1. The van der Waals surface area contributed by atoms with E-state index in [9.17, 15) is 9.59 Å². The molecule has 0 radical (unpaired) electrons. The van der Waals surface area contributed by atoms with Gasteiger partial charge in [-0.15, -0.1) is 11.3 Å². The summed E-state index contributed by atoms with van der Waals surface area (Å²) in [6.45, 7) is 2.01. The number of aryl methyl sites for hydroxylation is 2. The summed E-state index contributed by atoms with van der Waals surface area (Å²) in [6.07, 6.45) is 8.01. The second-order valence-corrected chi connectivity index (χ2v) is 10.6. The summed E-state index contributed by atoms with van der Waals surface area (Å²) in [5.74, 6) is -0.568. The Morgan fingerprint density at radius 2 is 1.89 bits per heavy atom. The third-order valence-corrected chi connectivity index (χ3v) is 8.36. The highest BCUT2D eigenvalue weighted by molar-refractivity contribution is 7.14. The summed E-state index contributed by atoms with van der Waals surface area (Å²) >= 11 is 1.61. The molecule has 0 aliphatic heterocycles. The van der Waals surface area contributed by atoms with Crippen LogP contribution < -0.4 is 11.1 Å². The van der Waals surface area contributed by atoms with Crippen LogP contribution in [0.5, 0.6) is 0 Å². The van der Waals surface area contributed by atoms with E-state index in [0.29, 0.717) is 11.1 Å². The van der Waals surface area contributed by atoms with E-state index in [1.165, 1.54) is 23.3 Å². The zero-order chi connectivity index (χ0) is 25.5. The molecule has 0 spiro atoms. The van der Waals surface area contributed by atoms with Gasteiger partial charge in [0.25, 0.3) is 11.8 Å². The Kier molecular flexibility index (Phi) is 5.85. The first kappa shape index (κ1) is 23.2. The number of carbonyl (C=O) groups excluding carboxylic acids is 2. The summed E-state index contributed by atoms with van der Waals surface area (Å²) in [6, 6.07) is 17.5. The Morgan fingerprint density at radius 3 is 2.68 bits per heavy atom. The Hall–Kier alpha value is -4.23. The summed E-state index contributed by atoms with van der Waals surface area (Å²) in [4.78, 5) is 35.1. The van der Waals surface area contributed by atoms with Gasteiger partial charge in [-0.05, 0) is 91.3 Å². The van der Waals surface area contributed by atoms with Gasteiger partial charge in [0.2, 0.25) is 0 Å². The van der Waals surface area contributed by atoms with Gasteiger partial charge >= 0.3 is 0 Å². The van der Waals surface area contributed by atoms with Gasteiger partial charge in [-0.25, -0.2) is 0 Å². The molecule has 1 aliphatic rings. The number of nitrogens with two attached hydrogens (primary N) is 1. The van der Waals surface area contributed by atoms with Crippen molar-refractivity contribution in [3.63, 3.8) is 0 Å². The molecule has 0 fully saturated rings. The SMILES string of the molecule is Cc1c(NC(=O)c2cc3c(s2)CCCC3)cccc1-c1ccc(C(N)=O)c2[nH]c(-c3cccnc3)cc12. The number of carbonyl (C=O) groups is 2. The molecule has 6 nitrogen and oxygen atoms in total. The molecule has 0 saturated heterocycles. The molecule has 37 heavy (non-hydrogen) atoms. The first-order valence-electron chi connectivity index (χ1n) is 12.4. The first-order chi connectivity index (χ1) is 18.0. The molecule has 0 atom stereocenters. The highest BCUT2D eigenvalue weighted by atomic mass is 32.1. The number of aromatic nitrogens is 2. The summed E-state index contributed by atoms with van der Waals surface area (Å²) < 4.78 is 0. The molecule has 184 valence electrons. The molecule has 2 aromatic carbocycles. The maximum atomic E-state index is 13.2. The minimum absolute atomic E-state index is 0.0746. The van der Waals surface area contributed by atoms with Crippen molar-refractivity contribution in [2.45, 2.75) is 32.6 Å². The standard InChI is InChI=1S/C30H26N4O2S/c1-17-20(8-4-9-24(17)34-30(36)27-14-18-6-2-3-10-26(18)37-27)21-11-12-22(29(31)35)28-23(21)15-25(33-28)19-7-5-13-32-16-19/h4-5,7-9,11-16,33H,2-3,6,10H2,1H3,(H2,31,35)(H,34,36). The topological polar surface area (TPSA) is 101 Å². The molecule has 0 bridgehead atoms. The Balaban J connectivity index is 1.40. The van der Waals surface area contributed by atoms with Crippen LogP contribution in [0.2, 0.25) is 0 Å². The maximum absolute atomic E-state index is 13.2. The van der Waals surface area contributed by atoms with Crippen molar-refractivity contribution >= 4 is 39.7 Å². The van der Waals surface area contributed by atoms with Crippen LogP contribution in [0, 0.1) is 6.92 Å². The van der Waals surface area contributed by atoms with E-state index in [1.807, 2.05) is 49.4 Å². The number of pyridine rings is 1. The largest absolute Gasteiger partial charge is 0.366 e. The molecule has 0 saturated carbocycles. The minimum Gasteiger partial charge on any atom is -0.366 e. The van der Waals surface area contributed by atoms with Crippen molar-refractivity contribution in [3.05, 3.63) is 93.4 Å². The molecule has 3 aromatic heterocycles. The molecule has 2 amide bonds. The fourth-order valence-corrected chi connectivity index (χ4v) is 6.34. The van der Waals surface area contributed by atoms with Gasteiger partial charge in [-0.1, -0.05) is 18.2 Å². The van der Waals surface area contributed by atoms with Crippen LogP contribution in [0.15, 0.2) is 67.0 Å². The van der Waals surface area contributed by atoms with Crippen LogP contribution in [0.25, 0.3) is 33.3 Å². The molecular formula is C30H26N4O2S. The van der Waals surface area contributed by atoms with E-state index in [2.05, 4.69) is 21.4 Å². The number of hydrogen-bond acceptors (Lipinski definition) is 4.